The smallest absolute Gasteiger partial charge is 0.236 e. The van der Waals surface area contributed by atoms with Gasteiger partial charge in [-0.25, -0.2) is 9.97 Å². The van der Waals surface area contributed by atoms with Gasteiger partial charge in [-0.2, -0.15) is 0 Å². The first-order valence-electron chi connectivity index (χ1n) is 6.70. The summed E-state index contributed by atoms with van der Waals surface area (Å²) in [5, 5.41) is 13.1. The first-order valence-corrected chi connectivity index (χ1v) is 9.32. The monoisotopic (exact) mass is 366 g/mol. The van der Waals surface area contributed by atoms with Crippen LogP contribution >= 0.6 is 34.4 Å². The molecule has 3 aromatic heterocycles. The highest BCUT2D eigenvalue weighted by atomic mass is 32.2. The van der Waals surface area contributed by atoms with Gasteiger partial charge in [-0.05, 0) is 26.3 Å². The SMILES string of the molecule is Cc1nnc(NC(=O)CSc2nc(N)c3c(C)c(C)sc3n2)s1. The lowest BCUT2D eigenvalue weighted by Crippen LogP contribution is -2.14. The zero-order valence-corrected chi connectivity index (χ0v) is 15.2. The van der Waals surface area contributed by atoms with Crippen LogP contribution in [-0.2, 0) is 4.79 Å². The number of nitrogens with one attached hydrogen (secondary N) is 1. The molecule has 0 radical (unpaired) electrons. The Morgan fingerprint density at radius 1 is 1.22 bits per heavy atom. The second-order valence-corrected chi connectivity index (χ2v) is 8.15. The molecule has 3 aromatic rings. The van der Waals surface area contributed by atoms with Crippen molar-refractivity contribution in [2.24, 2.45) is 0 Å². The number of nitrogen functional groups attached to an aromatic ring is 1. The van der Waals surface area contributed by atoms with Gasteiger partial charge in [0.1, 0.15) is 15.7 Å². The molecule has 10 heteroatoms. The number of nitrogens with two attached hydrogens (primary N) is 1. The Morgan fingerprint density at radius 3 is 2.70 bits per heavy atom. The summed E-state index contributed by atoms with van der Waals surface area (Å²) < 4.78 is 0. The fourth-order valence-electron chi connectivity index (χ4n) is 1.96. The van der Waals surface area contributed by atoms with Crippen LogP contribution in [0.4, 0.5) is 10.9 Å². The molecule has 0 saturated heterocycles. The van der Waals surface area contributed by atoms with Crippen LogP contribution in [0.25, 0.3) is 10.2 Å². The molecule has 3 heterocycles. The largest absolute Gasteiger partial charge is 0.383 e. The number of fused-ring (bicyclic) bond motifs is 1. The Balaban J connectivity index is 1.70. The molecule has 0 spiro atoms. The highest BCUT2D eigenvalue weighted by Crippen LogP contribution is 2.33. The topological polar surface area (TPSA) is 107 Å². The van der Waals surface area contributed by atoms with Gasteiger partial charge in [0.25, 0.3) is 0 Å². The predicted molar refractivity (Wildman–Crippen MR) is 95.3 cm³/mol. The molecule has 3 N–H and O–H groups in total. The lowest BCUT2D eigenvalue weighted by molar-refractivity contribution is -0.113. The highest BCUT2D eigenvalue weighted by Gasteiger charge is 2.14. The lowest BCUT2D eigenvalue weighted by Gasteiger charge is -2.03. The van der Waals surface area contributed by atoms with Crippen molar-refractivity contribution in [1.82, 2.24) is 20.2 Å². The average molecular weight is 366 g/mol. The van der Waals surface area contributed by atoms with E-state index in [-0.39, 0.29) is 11.7 Å². The number of anilines is 2. The van der Waals surface area contributed by atoms with Gasteiger partial charge in [0.2, 0.25) is 11.0 Å². The van der Waals surface area contributed by atoms with Crippen molar-refractivity contribution in [2.75, 3.05) is 16.8 Å². The second kappa shape index (κ2) is 6.38. The maximum Gasteiger partial charge on any atom is 0.236 e. The Kier molecular flexibility index (Phi) is 4.46. The average Bonchev–Trinajstić information content (AvgIpc) is 3.01. The molecule has 3 rings (SSSR count). The molecule has 0 aliphatic rings. The zero-order chi connectivity index (χ0) is 16.6. The van der Waals surface area contributed by atoms with E-state index in [0.717, 1.165) is 20.8 Å². The number of aryl methyl sites for hydroxylation is 3. The van der Waals surface area contributed by atoms with Gasteiger partial charge in [-0.15, -0.1) is 21.5 Å². The van der Waals surface area contributed by atoms with Crippen molar-refractivity contribution < 1.29 is 4.79 Å². The normalized spacial score (nSPS) is 11.1. The van der Waals surface area contributed by atoms with E-state index in [2.05, 4.69) is 25.5 Å². The van der Waals surface area contributed by atoms with Crippen molar-refractivity contribution in [1.29, 1.82) is 0 Å². The van der Waals surface area contributed by atoms with Crippen LogP contribution in [0.15, 0.2) is 5.16 Å². The van der Waals surface area contributed by atoms with Crippen LogP contribution in [0.3, 0.4) is 0 Å². The summed E-state index contributed by atoms with van der Waals surface area (Å²) in [6.45, 7) is 5.88. The number of hydrogen-bond donors (Lipinski definition) is 2. The van der Waals surface area contributed by atoms with Gasteiger partial charge in [-0.3, -0.25) is 10.1 Å². The van der Waals surface area contributed by atoms with Crippen molar-refractivity contribution in [2.45, 2.75) is 25.9 Å². The van der Waals surface area contributed by atoms with Crippen molar-refractivity contribution in [3.05, 3.63) is 15.4 Å². The zero-order valence-electron chi connectivity index (χ0n) is 12.7. The van der Waals surface area contributed by atoms with E-state index in [9.17, 15) is 4.79 Å². The summed E-state index contributed by atoms with van der Waals surface area (Å²) in [5.74, 6) is 0.471. The number of carbonyl (C=O) groups excluding carboxylic acids is 1. The fourth-order valence-corrected chi connectivity index (χ4v) is 4.31. The first-order chi connectivity index (χ1) is 10.9. The third-order valence-corrected chi connectivity index (χ3v) is 5.84. The van der Waals surface area contributed by atoms with E-state index in [1.54, 1.807) is 11.3 Å². The molecule has 0 saturated carbocycles. The maximum absolute atomic E-state index is 11.9. The van der Waals surface area contributed by atoms with Gasteiger partial charge in [-0.1, -0.05) is 23.1 Å². The molecule has 0 unspecified atom stereocenters. The molecular weight excluding hydrogens is 352 g/mol. The molecule has 23 heavy (non-hydrogen) atoms. The first kappa shape index (κ1) is 16.1. The standard InChI is InChI=1S/C13H14N6OS3/c1-5-6(2)22-11-9(5)10(14)16-12(17-11)21-4-8(20)15-13-19-18-7(3)23-13/h4H2,1-3H3,(H2,14,16,17)(H,15,19,20). The number of thiophene rings is 1. The van der Waals surface area contributed by atoms with Crippen molar-refractivity contribution in [3.63, 3.8) is 0 Å². The number of aromatic nitrogens is 4. The van der Waals surface area contributed by atoms with Crippen LogP contribution in [0.5, 0.6) is 0 Å². The molecule has 0 aliphatic carbocycles. The third kappa shape index (κ3) is 3.43. The summed E-state index contributed by atoms with van der Waals surface area (Å²) in [7, 11) is 0. The Morgan fingerprint density at radius 2 is 2.00 bits per heavy atom. The third-order valence-electron chi connectivity index (χ3n) is 3.14. The van der Waals surface area contributed by atoms with Gasteiger partial charge < -0.3 is 5.73 Å². The van der Waals surface area contributed by atoms with Gasteiger partial charge in [0.05, 0.1) is 11.1 Å². The Bertz CT molecular complexity index is 887. The molecule has 120 valence electrons. The van der Waals surface area contributed by atoms with Gasteiger partial charge in [0, 0.05) is 4.88 Å². The minimum atomic E-state index is -0.174. The summed E-state index contributed by atoms with van der Waals surface area (Å²) in [5.41, 5.74) is 7.14. The van der Waals surface area contributed by atoms with Crippen LogP contribution in [0, 0.1) is 20.8 Å². The number of carbonyl (C=O) groups is 1. The molecule has 0 fully saturated rings. The van der Waals surface area contributed by atoms with Crippen LogP contribution in [0.2, 0.25) is 0 Å². The quantitative estimate of drug-likeness (QED) is 0.540. The number of nitrogens with zero attached hydrogens (tertiary/aromatic N) is 4. The van der Waals surface area contributed by atoms with Gasteiger partial charge >= 0.3 is 0 Å². The lowest BCUT2D eigenvalue weighted by atomic mass is 10.2. The summed E-state index contributed by atoms with van der Waals surface area (Å²) in [6.07, 6.45) is 0. The Labute approximate surface area is 144 Å². The van der Waals surface area contributed by atoms with E-state index in [0.29, 0.717) is 16.1 Å². The van der Waals surface area contributed by atoms with E-state index in [1.807, 2.05) is 20.8 Å². The van der Waals surface area contributed by atoms with E-state index >= 15 is 0 Å². The molecule has 0 bridgehead atoms. The molecular formula is C13H14N6OS3. The minimum absolute atomic E-state index is 0.174. The van der Waals surface area contributed by atoms with Crippen molar-refractivity contribution >= 4 is 61.5 Å². The van der Waals surface area contributed by atoms with E-state index < -0.39 is 0 Å². The van der Waals surface area contributed by atoms with Crippen LogP contribution < -0.4 is 11.1 Å². The van der Waals surface area contributed by atoms with E-state index in [4.69, 9.17) is 5.73 Å². The highest BCUT2D eigenvalue weighted by molar-refractivity contribution is 7.99. The summed E-state index contributed by atoms with van der Waals surface area (Å²) >= 11 is 4.17. The van der Waals surface area contributed by atoms with Crippen LogP contribution in [0.1, 0.15) is 15.4 Å². The number of hydrogen-bond acceptors (Lipinski definition) is 9. The molecule has 1 amide bonds. The van der Waals surface area contributed by atoms with Crippen molar-refractivity contribution in [3.8, 4) is 0 Å². The summed E-state index contributed by atoms with van der Waals surface area (Å²) in [4.78, 5) is 22.7. The summed E-state index contributed by atoms with van der Waals surface area (Å²) in [6, 6.07) is 0. The maximum atomic E-state index is 11.9. The van der Waals surface area contributed by atoms with E-state index in [1.165, 1.54) is 28.0 Å². The molecule has 0 aromatic carbocycles. The number of amides is 1. The Hall–Kier alpha value is -1.78. The van der Waals surface area contributed by atoms with Gasteiger partial charge in [0.15, 0.2) is 5.16 Å². The van der Waals surface area contributed by atoms with Crippen LogP contribution in [-0.4, -0.2) is 31.8 Å². The fraction of sp³-hybridized carbons (Fsp3) is 0.308. The molecule has 7 nitrogen and oxygen atoms in total. The number of thioether (sulfide) groups is 1. The predicted octanol–water partition coefficient (Wildman–Crippen LogP) is 2.78. The molecule has 0 aliphatic heterocycles. The number of rotatable bonds is 4. The minimum Gasteiger partial charge on any atom is -0.383 e. The second-order valence-electron chi connectivity index (χ2n) is 4.82. The molecule has 0 atom stereocenters.